The van der Waals surface area contributed by atoms with Crippen LogP contribution < -0.4 is 4.90 Å². The fourth-order valence-electron chi connectivity index (χ4n) is 4.81. The van der Waals surface area contributed by atoms with Gasteiger partial charge in [0.25, 0.3) is 0 Å². The van der Waals surface area contributed by atoms with E-state index in [1.807, 2.05) is 6.07 Å². The van der Waals surface area contributed by atoms with E-state index in [9.17, 15) is 0 Å². The lowest BCUT2D eigenvalue weighted by Gasteiger charge is -2.41. The first-order valence-electron chi connectivity index (χ1n) is 10.4. The summed E-state index contributed by atoms with van der Waals surface area (Å²) in [4.78, 5) is 5.27. The second kappa shape index (κ2) is 7.35. The summed E-state index contributed by atoms with van der Waals surface area (Å²) in [6.07, 6.45) is 7.11. The van der Waals surface area contributed by atoms with Gasteiger partial charge in [0.05, 0.1) is 11.2 Å². The smallest absolute Gasteiger partial charge is 0.0999 e. The third-order valence-corrected chi connectivity index (χ3v) is 6.38. The molecule has 1 aliphatic carbocycles. The minimum absolute atomic E-state index is 0.844. The standard InChI is InChI=1S/C23H28N4/c1-2-6-19(7-3-1)26-14-16-27(17-15-26)20-12-10-18(11-13-20)23-21-8-4-5-9-22(21)24-25-23/h4-5,8-13,19H,1-3,6-7,14-17H2,(H,24,25). The van der Waals surface area contributed by atoms with Crippen LogP contribution in [0.3, 0.4) is 0 Å². The van der Waals surface area contributed by atoms with Crippen molar-refractivity contribution in [3.8, 4) is 11.3 Å². The minimum Gasteiger partial charge on any atom is -0.369 e. The van der Waals surface area contributed by atoms with Gasteiger partial charge < -0.3 is 4.90 Å². The highest BCUT2D eigenvalue weighted by Crippen LogP contribution is 2.29. The molecule has 1 aliphatic heterocycles. The molecule has 5 rings (SSSR count). The van der Waals surface area contributed by atoms with Gasteiger partial charge >= 0.3 is 0 Å². The van der Waals surface area contributed by atoms with Crippen molar-refractivity contribution < 1.29 is 0 Å². The maximum Gasteiger partial charge on any atom is 0.0999 e. The van der Waals surface area contributed by atoms with Crippen LogP contribution in [0.1, 0.15) is 32.1 Å². The molecule has 27 heavy (non-hydrogen) atoms. The molecular formula is C23H28N4. The van der Waals surface area contributed by atoms with Crippen molar-refractivity contribution in [2.24, 2.45) is 0 Å². The maximum atomic E-state index is 4.52. The van der Waals surface area contributed by atoms with Crippen molar-refractivity contribution in [1.29, 1.82) is 0 Å². The Labute approximate surface area is 161 Å². The molecule has 4 heteroatoms. The Morgan fingerprint density at radius 2 is 1.56 bits per heavy atom. The average Bonchev–Trinajstić information content (AvgIpc) is 3.19. The van der Waals surface area contributed by atoms with Crippen LogP contribution in [0.5, 0.6) is 0 Å². The Kier molecular flexibility index (Phi) is 4.58. The van der Waals surface area contributed by atoms with Gasteiger partial charge in [0.15, 0.2) is 0 Å². The molecular weight excluding hydrogens is 332 g/mol. The molecule has 0 spiro atoms. The van der Waals surface area contributed by atoms with E-state index < -0.39 is 0 Å². The summed E-state index contributed by atoms with van der Waals surface area (Å²) < 4.78 is 0. The number of nitrogens with zero attached hydrogens (tertiary/aromatic N) is 3. The number of rotatable bonds is 3. The summed E-state index contributed by atoms with van der Waals surface area (Å²) in [5.74, 6) is 0. The zero-order valence-electron chi connectivity index (χ0n) is 15.9. The lowest BCUT2D eigenvalue weighted by atomic mass is 9.94. The monoisotopic (exact) mass is 360 g/mol. The van der Waals surface area contributed by atoms with E-state index >= 15 is 0 Å². The third kappa shape index (κ3) is 3.34. The average molecular weight is 361 g/mol. The first kappa shape index (κ1) is 16.8. The maximum absolute atomic E-state index is 4.52. The Balaban J connectivity index is 1.27. The van der Waals surface area contributed by atoms with E-state index in [2.05, 4.69) is 62.5 Å². The van der Waals surface area contributed by atoms with Crippen LogP contribution in [-0.2, 0) is 0 Å². The predicted molar refractivity (Wildman–Crippen MR) is 112 cm³/mol. The molecule has 2 aliphatic rings. The summed E-state index contributed by atoms with van der Waals surface area (Å²) in [5.41, 5.74) is 4.65. The fourth-order valence-corrected chi connectivity index (χ4v) is 4.81. The van der Waals surface area contributed by atoms with E-state index in [0.29, 0.717) is 0 Å². The Morgan fingerprint density at radius 3 is 2.33 bits per heavy atom. The van der Waals surface area contributed by atoms with Crippen molar-refractivity contribution in [3.63, 3.8) is 0 Å². The number of fused-ring (bicyclic) bond motifs is 1. The zero-order chi connectivity index (χ0) is 18.1. The molecule has 0 atom stereocenters. The highest BCUT2D eigenvalue weighted by molar-refractivity contribution is 5.92. The SMILES string of the molecule is c1ccc2c(-c3ccc(N4CCN(C5CCCCC5)CC4)cc3)n[nH]c2c1. The van der Waals surface area contributed by atoms with Crippen LogP contribution in [0, 0.1) is 0 Å². The second-order valence-corrected chi connectivity index (χ2v) is 7.98. The number of hydrogen-bond acceptors (Lipinski definition) is 3. The van der Waals surface area contributed by atoms with Crippen LogP contribution in [-0.4, -0.2) is 47.3 Å². The topological polar surface area (TPSA) is 35.2 Å². The molecule has 2 fully saturated rings. The van der Waals surface area contributed by atoms with Crippen LogP contribution in [0.25, 0.3) is 22.2 Å². The number of piperazine rings is 1. The number of nitrogens with one attached hydrogen (secondary N) is 1. The molecule has 0 amide bonds. The van der Waals surface area contributed by atoms with Gasteiger partial charge in [-0.15, -0.1) is 0 Å². The van der Waals surface area contributed by atoms with Gasteiger partial charge in [-0.2, -0.15) is 5.10 Å². The zero-order valence-corrected chi connectivity index (χ0v) is 15.9. The number of H-pyrrole nitrogens is 1. The number of para-hydroxylation sites is 1. The van der Waals surface area contributed by atoms with E-state index in [1.165, 1.54) is 61.8 Å². The molecule has 0 bridgehead atoms. The van der Waals surface area contributed by atoms with Crippen molar-refractivity contribution in [2.45, 2.75) is 38.1 Å². The van der Waals surface area contributed by atoms with Crippen LogP contribution in [0.15, 0.2) is 48.5 Å². The van der Waals surface area contributed by atoms with Gasteiger partial charge in [0.2, 0.25) is 0 Å². The summed E-state index contributed by atoms with van der Waals surface area (Å²) in [7, 11) is 0. The third-order valence-electron chi connectivity index (χ3n) is 6.38. The lowest BCUT2D eigenvalue weighted by Crippen LogP contribution is -2.50. The number of benzene rings is 2. The van der Waals surface area contributed by atoms with Crippen molar-refractivity contribution >= 4 is 16.6 Å². The lowest BCUT2D eigenvalue weighted by molar-refractivity contribution is 0.148. The molecule has 1 saturated heterocycles. The molecule has 4 nitrogen and oxygen atoms in total. The van der Waals surface area contributed by atoms with E-state index in [1.54, 1.807) is 0 Å². The van der Waals surface area contributed by atoms with Crippen LogP contribution in [0.2, 0.25) is 0 Å². The van der Waals surface area contributed by atoms with Gasteiger partial charge in [0, 0.05) is 48.9 Å². The van der Waals surface area contributed by atoms with Crippen molar-refractivity contribution in [2.75, 3.05) is 31.1 Å². The largest absolute Gasteiger partial charge is 0.369 e. The fraction of sp³-hybridized carbons (Fsp3) is 0.435. The quantitative estimate of drug-likeness (QED) is 0.736. The Morgan fingerprint density at radius 1 is 0.815 bits per heavy atom. The first-order valence-corrected chi connectivity index (χ1v) is 10.4. The van der Waals surface area contributed by atoms with E-state index in [0.717, 1.165) is 30.3 Å². The second-order valence-electron chi connectivity index (χ2n) is 7.98. The summed E-state index contributed by atoms with van der Waals surface area (Å²) >= 11 is 0. The molecule has 0 unspecified atom stereocenters. The molecule has 1 N–H and O–H groups in total. The van der Waals surface area contributed by atoms with E-state index in [-0.39, 0.29) is 0 Å². The first-order chi connectivity index (χ1) is 13.4. The van der Waals surface area contributed by atoms with Gasteiger partial charge in [-0.25, -0.2) is 0 Å². The Hall–Kier alpha value is -2.33. The summed E-state index contributed by atoms with van der Waals surface area (Å²) in [6, 6.07) is 18.1. The predicted octanol–water partition coefficient (Wildman–Crippen LogP) is 4.68. The molecule has 2 heterocycles. The molecule has 1 aromatic heterocycles. The molecule has 140 valence electrons. The minimum atomic E-state index is 0.844. The highest BCUT2D eigenvalue weighted by atomic mass is 15.3. The van der Waals surface area contributed by atoms with Crippen LogP contribution in [0.4, 0.5) is 5.69 Å². The van der Waals surface area contributed by atoms with Crippen LogP contribution >= 0.6 is 0 Å². The van der Waals surface area contributed by atoms with Gasteiger partial charge in [-0.05, 0) is 31.0 Å². The van der Waals surface area contributed by atoms with Gasteiger partial charge in [-0.1, -0.05) is 49.6 Å². The Bertz CT molecular complexity index is 884. The highest BCUT2D eigenvalue weighted by Gasteiger charge is 2.25. The van der Waals surface area contributed by atoms with Gasteiger partial charge in [-0.3, -0.25) is 10.00 Å². The number of aromatic amines is 1. The molecule has 0 radical (unpaired) electrons. The van der Waals surface area contributed by atoms with Crippen molar-refractivity contribution in [1.82, 2.24) is 15.1 Å². The van der Waals surface area contributed by atoms with E-state index in [4.69, 9.17) is 0 Å². The molecule has 2 aromatic carbocycles. The number of hydrogen-bond donors (Lipinski definition) is 1. The number of anilines is 1. The summed E-state index contributed by atoms with van der Waals surface area (Å²) in [5, 5.41) is 8.85. The molecule has 1 saturated carbocycles. The summed E-state index contributed by atoms with van der Waals surface area (Å²) in [6.45, 7) is 4.69. The van der Waals surface area contributed by atoms with Crippen molar-refractivity contribution in [3.05, 3.63) is 48.5 Å². The normalized spacial score (nSPS) is 19.6. The number of aromatic nitrogens is 2. The molecule has 3 aromatic rings. The van der Waals surface area contributed by atoms with Gasteiger partial charge in [0.1, 0.15) is 0 Å².